The molecule has 0 unspecified atom stereocenters. The largest absolute Gasteiger partial charge is 0.562 e. The zero-order chi connectivity index (χ0) is 6.69. The Morgan fingerprint density at radius 2 is 2.67 bits per heavy atom. The minimum Gasteiger partial charge on any atom is -0.562 e. The molecular weight excluding hydrogens is 113 g/mol. The summed E-state index contributed by atoms with van der Waals surface area (Å²) in [5.41, 5.74) is 0.918. The molecule has 0 aliphatic heterocycles. The average Bonchev–Trinajstić information content (AvgIpc) is 2.17. The summed E-state index contributed by atoms with van der Waals surface area (Å²) < 4.78 is 1.62. The van der Waals surface area contributed by atoms with Crippen molar-refractivity contribution in [1.29, 1.82) is 5.26 Å². The Labute approximate surface area is 54.2 Å². The lowest BCUT2D eigenvalue weighted by Gasteiger charge is -2.04. The van der Waals surface area contributed by atoms with Gasteiger partial charge in [-0.2, -0.15) is 0 Å². The van der Waals surface area contributed by atoms with Crippen LogP contribution in [0.4, 0.5) is 0 Å². The maximum atomic E-state index is 8.17. The minimum atomic E-state index is 0.918. The summed E-state index contributed by atoms with van der Waals surface area (Å²) in [6.45, 7) is 1.88. The van der Waals surface area contributed by atoms with Gasteiger partial charge in [0.15, 0.2) is 0 Å². The van der Waals surface area contributed by atoms with Crippen molar-refractivity contribution in [2.45, 2.75) is 6.92 Å². The molecule has 1 aromatic rings. The summed E-state index contributed by atoms with van der Waals surface area (Å²) in [5.74, 6) is 1.90. The van der Waals surface area contributed by atoms with E-state index in [1.807, 2.05) is 12.9 Å². The summed E-state index contributed by atoms with van der Waals surface area (Å²) in [6.07, 6.45) is 3.38. The highest BCUT2D eigenvalue weighted by molar-refractivity contribution is 6.43. The first-order valence-corrected chi connectivity index (χ1v) is 2.56. The minimum absolute atomic E-state index is 0.918. The molecule has 1 rings (SSSR count). The molecule has 1 heterocycles. The first-order valence-electron chi connectivity index (χ1n) is 2.56. The second kappa shape index (κ2) is 2.36. The van der Waals surface area contributed by atoms with Gasteiger partial charge in [0.1, 0.15) is 0 Å². The van der Waals surface area contributed by atoms with Crippen LogP contribution in [0.5, 0.6) is 0 Å². The van der Waals surface area contributed by atoms with Crippen molar-refractivity contribution in [2.75, 3.05) is 0 Å². The van der Waals surface area contributed by atoms with E-state index in [9.17, 15) is 0 Å². The van der Waals surface area contributed by atoms with Gasteiger partial charge in [0.05, 0.1) is 12.0 Å². The molecule has 0 atom stereocenters. The highest BCUT2D eigenvalue weighted by Gasteiger charge is 1.80. The Morgan fingerprint density at radius 1 is 1.89 bits per heavy atom. The Hall–Kier alpha value is -1.24. The zero-order valence-corrected chi connectivity index (χ0v) is 5.07. The van der Waals surface area contributed by atoms with Gasteiger partial charge < -0.3 is 4.48 Å². The lowest BCUT2D eigenvalue weighted by atomic mass is 9.99. The molecule has 0 aliphatic rings. The molecule has 9 heavy (non-hydrogen) atoms. The van der Waals surface area contributed by atoms with Gasteiger partial charge in [-0.25, -0.2) is 11.0 Å². The van der Waals surface area contributed by atoms with Crippen LogP contribution in [0.2, 0.25) is 0 Å². The van der Waals surface area contributed by atoms with E-state index in [0.717, 1.165) is 5.69 Å². The first kappa shape index (κ1) is 5.89. The number of rotatable bonds is 1. The van der Waals surface area contributed by atoms with Crippen LogP contribution in [0.25, 0.3) is 0 Å². The summed E-state index contributed by atoms with van der Waals surface area (Å²) in [5, 5.41) is 8.17. The molecule has 1 aromatic heterocycles. The molecule has 2 radical (unpaired) electrons. The van der Waals surface area contributed by atoms with E-state index in [-0.39, 0.29) is 0 Å². The number of nitrogens with zero attached hydrogens (tertiary/aromatic N) is 3. The van der Waals surface area contributed by atoms with E-state index in [2.05, 4.69) is 4.98 Å². The van der Waals surface area contributed by atoms with E-state index >= 15 is 0 Å². The third-order valence-electron chi connectivity index (χ3n) is 0.937. The van der Waals surface area contributed by atoms with Gasteiger partial charge >= 0.3 is 0 Å². The molecule has 0 bridgehead atoms. The molecule has 4 heteroatoms. The highest BCUT2D eigenvalue weighted by atomic mass is 15.0. The van der Waals surface area contributed by atoms with E-state index in [1.54, 1.807) is 17.0 Å². The smallest absolute Gasteiger partial charge is 0.0513 e. The molecule has 0 amide bonds. The summed E-state index contributed by atoms with van der Waals surface area (Å²) >= 11 is 0. The topological polar surface area (TPSA) is 41.6 Å². The lowest BCUT2D eigenvalue weighted by molar-refractivity contribution is 1.19. The van der Waals surface area contributed by atoms with Crippen LogP contribution in [0, 0.1) is 18.2 Å². The predicted molar refractivity (Wildman–Crippen MR) is 33.7 cm³/mol. The molecule has 0 aromatic carbocycles. The normalized spacial score (nSPS) is 8.89. The van der Waals surface area contributed by atoms with E-state index < -0.39 is 0 Å². The van der Waals surface area contributed by atoms with Crippen molar-refractivity contribution in [3.8, 4) is 5.97 Å². The van der Waals surface area contributed by atoms with Crippen molar-refractivity contribution >= 4 is 7.41 Å². The SMILES string of the molecule is Cc1cn([B-]C#N)cn1. The second-order valence-electron chi connectivity index (χ2n) is 1.72. The fraction of sp³-hybridized carbons (Fsp3) is 0.200. The summed E-state index contributed by atoms with van der Waals surface area (Å²) in [4.78, 5) is 3.92. The molecule has 0 saturated carbocycles. The third-order valence-corrected chi connectivity index (χ3v) is 0.937. The van der Waals surface area contributed by atoms with Gasteiger partial charge in [-0.15, -0.1) is 0 Å². The molecular formula is C5H5BN3-. The number of aromatic nitrogens is 2. The number of imidazole rings is 1. The van der Waals surface area contributed by atoms with E-state index in [4.69, 9.17) is 5.26 Å². The van der Waals surface area contributed by atoms with Gasteiger partial charge in [0.25, 0.3) is 0 Å². The molecule has 0 spiro atoms. The van der Waals surface area contributed by atoms with Crippen molar-refractivity contribution in [3.63, 3.8) is 0 Å². The number of hydrogen-bond acceptors (Lipinski definition) is 2. The van der Waals surface area contributed by atoms with Crippen LogP contribution >= 0.6 is 0 Å². The Balaban J connectivity index is 2.76. The Kier molecular flexibility index (Phi) is 1.54. The monoisotopic (exact) mass is 118 g/mol. The molecule has 0 saturated heterocycles. The molecule has 0 fully saturated rings. The van der Waals surface area contributed by atoms with Crippen molar-refractivity contribution in [1.82, 2.24) is 9.46 Å². The van der Waals surface area contributed by atoms with Gasteiger partial charge in [-0.3, -0.25) is 5.26 Å². The maximum absolute atomic E-state index is 8.17. The van der Waals surface area contributed by atoms with Gasteiger partial charge in [-0.05, 0) is 13.1 Å². The molecule has 3 nitrogen and oxygen atoms in total. The maximum Gasteiger partial charge on any atom is 0.0513 e. The van der Waals surface area contributed by atoms with Crippen molar-refractivity contribution < 1.29 is 0 Å². The second-order valence-corrected chi connectivity index (χ2v) is 1.72. The van der Waals surface area contributed by atoms with Gasteiger partial charge in [0.2, 0.25) is 0 Å². The zero-order valence-electron chi connectivity index (χ0n) is 5.07. The van der Waals surface area contributed by atoms with Crippen LogP contribution in [-0.2, 0) is 0 Å². The van der Waals surface area contributed by atoms with Crippen molar-refractivity contribution in [3.05, 3.63) is 18.2 Å². The van der Waals surface area contributed by atoms with Crippen molar-refractivity contribution in [2.24, 2.45) is 0 Å². The van der Waals surface area contributed by atoms with Gasteiger partial charge in [-0.1, -0.05) is 7.41 Å². The van der Waals surface area contributed by atoms with E-state index in [0.29, 0.717) is 0 Å². The fourth-order valence-corrected chi connectivity index (χ4v) is 0.577. The van der Waals surface area contributed by atoms with E-state index in [1.165, 1.54) is 7.41 Å². The first-order chi connectivity index (χ1) is 4.33. The quantitative estimate of drug-likeness (QED) is 0.492. The Morgan fingerprint density at radius 3 is 3.11 bits per heavy atom. The molecule has 0 N–H and O–H groups in total. The number of hydrogen-bond donors (Lipinski definition) is 0. The van der Waals surface area contributed by atoms with Gasteiger partial charge in [0, 0.05) is 0 Å². The predicted octanol–water partition coefficient (Wildman–Crippen LogP) is 0.140. The number of nitriles is 1. The standard InChI is InChI=1S/C5H5BN3/c1-5-2-9(4-8-5)6-3-7/h2,4H,1H3/q-1. The third kappa shape index (κ3) is 1.33. The van der Waals surface area contributed by atoms with Crippen LogP contribution in [0.15, 0.2) is 12.5 Å². The van der Waals surface area contributed by atoms with Crippen LogP contribution in [0.1, 0.15) is 5.69 Å². The fourth-order valence-electron chi connectivity index (χ4n) is 0.577. The molecule has 0 aliphatic carbocycles. The lowest BCUT2D eigenvalue weighted by Crippen LogP contribution is -1.98. The number of aryl methyl sites for hydroxylation is 1. The molecule has 44 valence electrons. The van der Waals surface area contributed by atoms with Crippen LogP contribution in [0.3, 0.4) is 0 Å². The summed E-state index contributed by atoms with van der Waals surface area (Å²) in [7, 11) is 1.39. The van der Waals surface area contributed by atoms with Crippen LogP contribution in [-0.4, -0.2) is 16.9 Å². The highest BCUT2D eigenvalue weighted by Crippen LogP contribution is 1.88. The summed E-state index contributed by atoms with van der Waals surface area (Å²) in [6, 6.07) is 0. The van der Waals surface area contributed by atoms with Crippen LogP contribution < -0.4 is 0 Å². The average molecular weight is 118 g/mol. The Bertz CT molecular complexity index is 235.